The number of ether oxygens (including phenoxy) is 4. The number of carbonyl (C=O) groups is 2. The summed E-state index contributed by atoms with van der Waals surface area (Å²) < 4.78 is 25.0. The minimum atomic E-state index is -0.438. The standard InChI is InChI=1S/C30H31N7O6/c1-36-9-8-31-29(36)23-6-7-27(35-34-23)37-15-24-26(16-37)43-20-5-4-18(25(13-20)41-3)14-32-28(38)17-42-22-11-19(30(39)33-24)10-21(12-22)40-2/h4-13,24,26H,14-17H2,1-3H3,(H,32,38)(H,33,39)/t24-,26-/m0/s1. The number of hydrogen-bond donors (Lipinski definition) is 2. The molecule has 7 rings (SSSR count). The lowest BCUT2D eigenvalue weighted by Crippen LogP contribution is -2.45. The lowest BCUT2D eigenvalue weighted by Gasteiger charge is -2.22. The molecule has 2 atom stereocenters. The average molecular weight is 586 g/mol. The van der Waals surface area contributed by atoms with E-state index in [-0.39, 0.29) is 25.0 Å². The number of benzene rings is 2. The van der Waals surface area contributed by atoms with Gasteiger partial charge in [0.2, 0.25) is 0 Å². The third-order valence-electron chi connectivity index (χ3n) is 7.38. The molecule has 1 fully saturated rings. The number of nitrogens with zero attached hydrogens (tertiary/aromatic N) is 5. The molecule has 2 amide bonds. The Bertz CT molecular complexity index is 1640. The van der Waals surface area contributed by atoms with E-state index < -0.39 is 12.1 Å². The van der Waals surface area contributed by atoms with Crippen molar-refractivity contribution >= 4 is 17.6 Å². The molecule has 4 bridgehead atoms. The second-order valence-corrected chi connectivity index (χ2v) is 10.2. The summed E-state index contributed by atoms with van der Waals surface area (Å²) in [5.74, 6) is 2.56. The van der Waals surface area contributed by atoms with Crippen LogP contribution in [-0.2, 0) is 18.4 Å². The Kier molecular flexibility index (Phi) is 7.69. The quantitative estimate of drug-likeness (QED) is 0.365. The van der Waals surface area contributed by atoms with E-state index >= 15 is 0 Å². The molecule has 0 radical (unpaired) electrons. The summed E-state index contributed by atoms with van der Waals surface area (Å²) in [7, 11) is 4.96. The van der Waals surface area contributed by atoms with Gasteiger partial charge in [-0.1, -0.05) is 0 Å². The number of imidazole rings is 1. The molecule has 4 aromatic rings. The monoisotopic (exact) mass is 585 g/mol. The van der Waals surface area contributed by atoms with Crippen LogP contribution >= 0.6 is 0 Å². The Morgan fingerprint density at radius 1 is 0.977 bits per heavy atom. The van der Waals surface area contributed by atoms with E-state index in [1.807, 2.05) is 47.0 Å². The van der Waals surface area contributed by atoms with Crippen LogP contribution in [0.2, 0.25) is 0 Å². The van der Waals surface area contributed by atoms with Crippen LogP contribution in [0.5, 0.6) is 23.0 Å². The van der Waals surface area contributed by atoms with Crippen molar-refractivity contribution < 1.29 is 28.5 Å². The van der Waals surface area contributed by atoms with Crippen LogP contribution in [0.25, 0.3) is 11.5 Å². The van der Waals surface area contributed by atoms with Gasteiger partial charge in [-0.2, -0.15) is 0 Å². The van der Waals surface area contributed by atoms with Crippen LogP contribution in [-0.4, -0.2) is 77.6 Å². The SMILES string of the molecule is COc1cc2cc(c1)C(=O)N[C@H]1CN(c3ccc(-c4nccn4C)nn3)C[C@@H]1Oc1ccc(c(OC)c1)CNC(=O)CO2. The molecule has 0 aliphatic carbocycles. The normalized spacial score (nSPS) is 18.5. The third-order valence-corrected chi connectivity index (χ3v) is 7.38. The largest absolute Gasteiger partial charge is 0.497 e. The number of aryl methyl sites for hydroxylation is 1. The number of methoxy groups -OCH3 is 2. The molecule has 0 spiro atoms. The van der Waals surface area contributed by atoms with Gasteiger partial charge in [0, 0.05) is 55.8 Å². The highest BCUT2D eigenvalue weighted by molar-refractivity contribution is 5.95. The van der Waals surface area contributed by atoms with E-state index in [9.17, 15) is 9.59 Å². The van der Waals surface area contributed by atoms with E-state index in [2.05, 4.69) is 25.8 Å². The zero-order chi connectivity index (χ0) is 29.9. The van der Waals surface area contributed by atoms with Crippen LogP contribution < -0.4 is 34.5 Å². The predicted molar refractivity (Wildman–Crippen MR) is 155 cm³/mol. The number of hydrogen-bond acceptors (Lipinski definition) is 10. The lowest BCUT2D eigenvalue weighted by molar-refractivity contribution is -0.123. The minimum Gasteiger partial charge on any atom is -0.497 e. The summed E-state index contributed by atoms with van der Waals surface area (Å²) in [5, 5.41) is 14.8. The molecule has 2 aromatic carbocycles. The van der Waals surface area contributed by atoms with Gasteiger partial charge in [0.1, 0.15) is 34.8 Å². The Morgan fingerprint density at radius 3 is 2.60 bits per heavy atom. The molecule has 43 heavy (non-hydrogen) atoms. The Morgan fingerprint density at radius 2 is 1.86 bits per heavy atom. The number of fused-ring (bicyclic) bond motifs is 7. The first kappa shape index (κ1) is 27.8. The van der Waals surface area contributed by atoms with Crippen molar-refractivity contribution in [2.75, 3.05) is 38.8 Å². The van der Waals surface area contributed by atoms with Gasteiger partial charge in [-0.25, -0.2) is 4.98 Å². The number of carbonyl (C=O) groups excluding carboxylic acids is 2. The number of anilines is 1. The maximum absolute atomic E-state index is 13.5. The van der Waals surface area contributed by atoms with Gasteiger partial charge in [-0.15, -0.1) is 10.2 Å². The van der Waals surface area contributed by atoms with Crippen LogP contribution in [0, 0.1) is 0 Å². The third kappa shape index (κ3) is 6.01. The van der Waals surface area contributed by atoms with Gasteiger partial charge in [0.25, 0.3) is 11.8 Å². The maximum atomic E-state index is 13.5. The molecule has 0 unspecified atom stereocenters. The van der Waals surface area contributed by atoms with Crippen LogP contribution in [0.3, 0.4) is 0 Å². The zero-order valence-corrected chi connectivity index (χ0v) is 23.9. The van der Waals surface area contributed by atoms with Gasteiger partial charge in [-0.05, 0) is 36.4 Å². The fraction of sp³-hybridized carbons (Fsp3) is 0.300. The van der Waals surface area contributed by atoms with Gasteiger partial charge < -0.3 is 39.0 Å². The molecular formula is C30H31N7O6. The van der Waals surface area contributed by atoms with E-state index in [0.29, 0.717) is 59.0 Å². The van der Waals surface area contributed by atoms with Crippen molar-refractivity contribution in [3.05, 3.63) is 72.1 Å². The lowest BCUT2D eigenvalue weighted by atomic mass is 10.1. The molecule has 2 N–H and O–H groups in total. The molecule has 2 aromatic heterocycles. The topological polar surface area (TPSA) is 142 Å². The highest BCUT2D eigenvalue weighted by atomic mass is 16.5. The molecule has 13 heteroatoms. The smallest absolute Gasteiger partial charge is 0.258 e. The van der Waals surface area contributed by atoms with E-state index in [0.717, 1.165) is 5.56 Å². The summed E-state index contributed by atoms with van der Waals surface area (Å²) in [6, 6.07) is 13.6. The van der Waals surface area contributed by atoms with Gasteiger partial charge in [-0.3, -0.25) is 9.59 Å². The van der Waals surface area contributed by atoms with Crippen molar-refractivity contribution in [3.8, 4) is 34.5 Å². The molecule has 3 aliphatic rings. The van der Waals surface area contributed by atoms with Gasteiger partial charge in [0.05, 0.1) is 26.8 Å². The zero-order valence-electron chi connectivity index (χ0n) is 23.9. The first-order valence-corrected chi connectivity index (χ1v) is 13.7. The average Bonchev–Trinajstić information content (AvgIpc) is 3.64. The summed E-state index contributed by atoms with van der Waals surface area (Å²) in [6.07, 6.45) is 3.12. The van der Waals surface area contributed by atoms with E-state index in [1.165, 1.54) is 7.11 Å². The van der Waals surface area contributed by atoms with Crippen LogP contribution in [0.4, 0.5) is 5.82 Å². The highest BCUT2D eigenvalue weighted by Gasteiger charge is 2.37. The van der Waals surface area contributed by atoms with E-state index in [1.54, 1.807) is 37.6 Å². The summed E-state index contributed by atoms with van der Waals surface area (Å²) >= 11 is 0. The molecule has 3 aliphatic heterocycles. The Balaban J connectivity index is 1.32. The van der Waals surface area contributed by atoms with E-state index in [4.69, 9.17) is 18.9 Å². The Hall–Kier alpha value is -5.33. The van der Waals surface area contributed by atoms with Crippen molar-refractivity contribution in [2.45, 2.75) is 18.7 Å². The summed E-state index contributed by atoms with van der Waals surface area (Å²) in [6.45, 7) is 0.862. The maximum Gasteiger partial charge on any atom is 0.258 e. The molecule has 5 heterocycles. The molecular weight excluding hydrogens is 554 g/mol. The van der Waals surface area contributed by atoms with Crippen molar-refractivity contribution in [1.29, 1.82) is 0 Å². The minimum absolute atomic E-state index is 0.238. The first-order chi connectivity index (χ1) is 20.9. The second-order valence-electron chi connectivity index (χ2n) is 10.2. The summed E-state index contributed by atoms with van der Waals surface area (Å²) in [4.78, 5) is 32.4. The molecule has 0 saturated carbocycles. The molecule has 1 saturated heterocycles. The number of amides is 2. The number of aromatic nitrogens is 4. The Labute approximate surface area is 247 Å². The van der Waals surface area contributed by atoms with Crippen molar-refractivity contribution in [3.63, 3.8) is 0 Å². The van der Waals surface area contributed by atoms with Gasteiger partial charge >= 0.3 is 0 Å². The summed E-state index contributed by atoms with van der Waals surface area (Å²) in [5.41, 5.74) is 1.75. The van der Waals surface area contributed by atoms with Crippen LogP contribution in [0.1, 0.15) is 15.9 Å². The van der Waals surface area contributed by atoms with Crippen LogP contribution in [0.15, 0.2) is 60.9 Å². The highest BCUT2D eigenvalue weighted by Crippen LogP contribution is 2.29. The molecule has 13 nitrogen and oxygen atoms in total. The second kappa shape index (κ2) is 11.9. The predicted octanol–water partition coefficient (Wildman–Crippen LogP) is 1.97. The number of nitrogens with one attached hydrogen (secondary N) is 2. The van der Waals surface area contributed by atoms with Gasteiger partial charge in [0.15, 0.2) is 18.2 Å². The number of rotatable bonds is 4. The fourth-order valence-electron chi connectivity index (χ4n) is 5.11. The van der Waals surface area contributed by atoms with Crippen molar-refractivity contribution in [1.82, 2.24) is 30.4 Å². The fourth-order valence-corrected chi connectivity index (χ4v) is 5.11. The molecule has 222 valence electrons. The first-order valence-electron chi connectivity index (χ1n) is 13.7. The van der Waals surface area contributed by atoms with Crippen molar-refractivity contribution in [2.24, 2.45) is 7.05 Å².